The van der Waals surface area contributed by atoms with E-state index in [1.807, 2.05) is 0 Å². The fourth-order valence-corrected chi connectivity index (χ4v) is 5.80. The van der Waals surface area contributed by atoms with Crippen LogP contribution in [0.15, 0.2) is 35.5 Å². The third kappa shape index (κ3) is 5.39. The van der Waals surface area contributed by atoms with Gasteiger partial charge in [-0.05, 0) is 31.7 Å². The molecule has 0 radical (unpaired) electrons. The number of aryl methyl sites for hydroxylation is 1. The first-order chi connectivity index (χ1) is 15.9. The number of hydrogen-bond acceptors (Lipinski definition) is 8. The highest BCUT2D eigenvalue weighted by Gasteiger charge is 2.36. The van der Waals surface area contributed by atoms with Crippen molar-refractivity contribution in [3.63, 3.8) is 0 Å². The van der Waals surface area contributed by atoms with Gasteiger partial charge in [-0.25, -0.2) is 18.4 Å². The summed E-state index contributed by atoms with van der Waals surface area (Å²) < 4.78 is 64.4. The summed E-state index contributed by atoms with van der Waals surface area (Å²) in [4.78, 5) is 17.8. The Balaban J connectivity index is 1.61. The molecule has 1 fully saturated rings. The molecule has 0 bridgehead atoms. The second kappa shape index (κ2) is 9.23. The zero-order valence-corrected chi connectivity index (χ0v) is 20.6. The lowest BCUT2D eigenvalue weighted by Gasteiger charge is -2.33. The SMILES string of the molecule is Cc1nc(Cc2cncc(N3CCN(C)CC3)n2)sc1-c1ccc(S(C)(=O)=O)c(C(F)(F)F)c1. The fraction of sp³-hybridized carbons (Fsp3) is 0.409. The Hall–Kier alpha value is -2.57. The van der Waals surface area contributed by atoms with E-state index < -0.39 is 26.5 Å². The van der Waals surface area contributed by atoms with E-state index in [1.54, 1.807) is 19.3 Å². The van der Waals surface area contributed by atoms with E-state index in [4.69, 9.17) is 4.98 Å². The van der Waals surface area contributed by atoms with Crippen molar-refractivity contribution in [2.75, 3.05) is 44.4 Å². The first-order valence-corrected chi connectivity index (χ1v) is 13.2. The van der Waals surface area contributed by atoms with Crippen LogP contribution in [0.25, 0.3) is 10.4 Å². The molecule has 1 aromatic carbocycles. The lowest BCUT2D eigenvalue weighted by molar-refractivity contribution is -0.139. The van der Waals surface area contributed by atoms with Crippen molar-refractivity contribution in [1.29, 1.82) is 0 Å². The Kier molecular flexibility index (Phi) is 6.67. The predicted octanol–water partition coefficient (Wildman–Crippen LogP) is 3.67. The monoisotopic (exact) mass is 511 g/mol. The minimum absolute atomic E-state index is 0.276. The highest BCUT2D eigenvalue weighted by atomic mass is 32.2. The summed E-state index contributed by atoms with van der Waals surface area (Å²) in [5.74, 6) is 0.797. The zero-order valence-electron chi connectivity index (χ0n) is 18.9. The number of benzene rings is 1. The van der Waals surface area contributed by atoms with Crippen molar-refractivity contribution in [3.05, 3.63) is 52.6 Å². The van der Waals surface area contributed by atoms with Gasteiger partial charge < -0.3 is 9.80 Å². The average Bonchev–Trinajstić information content (AvgIpc) is 3.12. The van der Waals surface area contributed by atoms with Gasteiger partial charge in [0, 0.05) is 45.1 Å². The molecule has 0 aliphatic carbocycles. The van der Waals surface area contributed by atoms with E-state index in [1.165, 1.54) is 17.4 Å². The lowest BCUT2D eigenvalue weighted by Crippen LogP contribution is -2.44. The van der Waals surface area contributed by atoms with Crippen molar-refractivity contribution in [2.45, 2.75) is 24.4 Å². The van der Waals surface area contributed by atoms with Crippen molar-refractivity contribution in [1.82, 2.24) is 19.9 Å². The van der Waals surface area contributed by atoms with Gasteiger partial charge in [-0.15, -0.1) is 11.3 Å². The number of sulfone groups is 1. The van der Waals surface area contributed by atoms with Crippen molar-refractivity contribution >= 4 is 27.0 Å². The van der Waals surface area contributed by atoms with Crippen LogP contribution in [0.5, 0.6) is 0 Å². The highest BCUT2D eigenvalue weighted by Crippen LogP contribution is 2.39. The molecule has 0 saturated carbocycles. The van der Waals surface area contributed by atoms with Crippen LogP contribution in [0.2, 0.25) is 0 Å². The summed E-state index contributed by atoms with van der Waals surface area (Å²) in [6.45, 7) is 5.33. The minimum Gasteiger partial charge on any atom is -0.353 e. The standard InChI is InChI=1S/C22H24F3N5O2S2/c1-14-21(15-4-5-18(34(3,31)32)17(10-15)22(23,24)25)33-20(27-14)11-16-12-26-13-19(28-16)30-8-6-29(2)7-9-30/h4-5,10,12-13H,6-9,11H2,1-3H3. The molecular formula is C22H24F3N5O2S2. The van der Waals surface area contributed by atoms with Gasteiger partial charge in [0.1, 0.15) is 5.82 Å². The van der Waals surface area contributed by atoms with E-state index in [0.29, 0.717) is 22.0 Å². The van der Waals surface area contributed by atoms with Gasteiger partial charge in [0.2, 0.25) is 0 Å². The maximum Gasteiger partial charge on any atom is 0.417 e. The molecule has 1 aliphatic heterocycles. The summed E-state index contributed by atoms with van der Waals surface area (Å²) in [7, 11) is -1.95. The largest absolute Gasteiger partial charge is 0.417 e. The van der Waals surface area contributed by atoms with Gasteiger partial charge in [-0.2, -0.15) is 13.2 Å². The van der Waals surface area contributed by atoms with Crippen LogP contribution in [0.1, 0.15) is 22.0 Å². The number of alkyl halides is 3. The number of piperazine rings is 1. The summed E-state index contributed by atoms with van der Waals surface area (Å²) in [5, 5.41) is 0.693. The number of rotatable bonds is 5. The molecule has 0 unspecified atom stereocenters. The van der Waals surface area contributed by atoms with E-state index >= 15 is 0 Å². The Morgan fingerprint density at radius 1 is 1.09 bits per heavy atom. The molecule has 1 saturated heterocycles. The molecule has 0 N–H and O–H groups in total. The number of anilines is 1. The molecule has 2 aromatic heterocycles. The van der Waals surface area contributed by atoms with E-state index in [9.17, 15) is 21.6 Å². The van der Waals surface area contributed by atoms with Gasteiger partial charge in [-0.1, -0.05) is 6.07 Å². The first-order valence-electron chi connectivity index (χ1n) is 10.5. The second-order valence-electron chi connectivity index (χ2n) is 8.34. The number of hydrogen-bond donors (Lipinski definition) is 0. The van der Waals surface area contributed by atoms with E-state index in [2.05, 4.69) is 26.8 Å². The van der Waals surface area contributed by atoms with Crippen molar-refractivity contribution in [3.8, 4) is 10.4 Å². The molecule has 182 valence electrons. The molecule has 0 atom stereocenters. The number of nitrogens with zero attached hydrogens (tertiary/aromatic N) is 5. The van der Waals surface area contributed by atoms with Crippen LogP contribution >= 0.6 is 11.3 Å². The molecule has 0 spiro atoms. The van der Waals surface area contributed by atoms with Gasteiger partial charge in [0.25, 0.3) is 0 Å². The van der Waals surface area contributed by atoms with Crippen LogP contribution in [-0.2, 0) is 22.4 Å². The maximum atomic E-state index is 13.6. The number of aromatic nitrogens is 3. The zero-order chi connectivity index (χ0) is 24.7. The van der Waals surface area contributed by atoms with Crippen molar-refractivity contribution in [2.24, 2.45) is 0 Å². The third-order valence-electron chi connectivity index (χ3n) is 5.62. The molecule has 12 heteroatoms. The van der Waals surface area contributed by atoms with Gasteiger partial charge in [0.15, 0.2) is 9.84 Å². The molecular weight excluding hydrogens is 487 g/mol. The molecule has 3 heterocycles. The predicted molar refractivity (Wildman–Crippen MR) is 125 cm³/mol. The average molecular weight is 512 g/mol. The molecule has 4 rings (SSSR count). The molecule has 34 heavy (non-hydrogen) atoms. The second-order valence-corrected chi connectivity index (χ2v) is 11.4. The Bertz CT molecular complexity index is 1300. The summed E-state index contributed by atoms with van der Waals surface area (Å²) in [6.07, 6.45) is -0.235. The van der Waals surface area contributed by atoms with Gasteiger partial charge in [-0.3, -0.25) is 4.98 Å². The van der Waals surface area contributed by atoms with Gasteiger partial charge in [0.05, 0.1) is 37.9 Å². The van der Waals surface area contributed by atoms with E-state index in [-0.39, 0.29) is 5.56 Å². The first kappa shape index (κ1) is 24.6. The minimum atomic E-state index is -4.80. The topological polar surface area (TPSA) is 79.3 Å². The van der Waals surface area contributed by atoms with Crippen LogP contribution < -0.4 is 4.90 Å². The number of halogens is 3. The lowest BCUT2D eigenvalue weighted by atomic mass is 10.1. The summed E-state index contributed by atoms with van der Waals surface area (Å²) >= 11 is 1.27. The molecule has 7 nitrogen and oxygen atoms in total. The van der Waals surface area contributed by atoms with Crippen molar-refractivity contribution < 1.29 is 21.6 Å². The number of likely N-dealkylation sites (N-methyl/N-ethyl adjacent to an activating group) is 1. The van der Waals surface area contributed by atoms with Gasteiger partial charge >= 0.3 is 6.18 Å². The third-order valence-corrected chi connectivity index (χ3v) is 7.98. The molecule has 3 aromatic rings. The summed E-state index contributed by atoms with van der Waals surface area (Å²) in [5.41, 5.74) is 0.398. The molecule has 1 aliphatic rings. The fourth-order valence-electron chi connectivity index (χ4n) is 3.83. The molecule has 0 amide bonds. The van der Waals surface area contributed by atoms with Crippen LogP contribution in [0, 0.1) is 6.92 Å². The summed E-state index contributed by atoms with van der Waals surface area (Å²) in [6, 6.07) is 3.29. The van der Waals surface area contributed by atoms with Crippen LogP contribution in [0.3, 0.4) is 0 Å². The Morgan fingerprint density at radius 3 is 2.44 bits per heavy atom. The maximum absolute atomic E-state index is 13.6. The van der Waals surface area contributed by atoms with E-state index in [0.717, 1.165) is 56.1 Å². The normalized spacial score (nSPS) is 15.6. The Labute approximate surface area is 200 Å². The van der Waals surface area contributed by atoms with Crippen LogP contribution in [0.4, 0.5) is 19.0 Å². The Morgan fingerprint density at radius 2 is 1.79 bits per heavy atom. The number of thiazole rings is 1. The highest BCUT2D eigenvalue weighted by molar-refractivity contribution is 7.90. The quantitative estimate of drug-likeness (QED) is 0.517. The van der Waals surface area contributed by atoms with Crippen LogP contribution in [-0.4, -0.2) is 67.8 Å². The smallest absolute Gasteiger partial charge is 0.353 e.